The summed E-state index contributed by atoms with van der Waals surface area (Å²) in [5, 5.41) is 0.866. The van der Waals surface area contributed by atoms with E-state index in [0.717, 1.165) is 24.2 Å². The van der Waals surface area contributed by atoms with Crippen LogP contribution in [0, 0.1) is 17.6 Å². The Morgan fingerprint density at radius 2 is 2.21 bits per heavy atom. The zero-order valence-electron chi connectivity index (χ0n) is 10.5. The molecule has 19 heavy (non-hydrogen) atoms. The summed E-state index contributed by atoms with van der Waals surface area (Å²) in [7, 11) is 0. The van der Waals surface area contributed by atoms with Crippen LogP contribution in [-0.2, 0) is 11.2 Å². The fraction of sp³-hybridized carbons (Fsp3) is 0.500. The summed E-state index contributed by atoms with van der Waals surface area (Å²) in [6.45, 7) is 1.40. The number of alkyl halides is 1. The third-order valence-electron chi connectivity index (χ3n) is 3.46. The number of carbonyl (C=O) groups is 1. The van der Waals surface area contributed by atoms with Crippen molar-refractivity contribution in [1.29, 1.82) is 0 Å². The van der Waals surface area contributed by atoms with E-state index in [-0.39, 0.29) is 17.9 Å². The standard InChI is InChI=1S/C14H16BrF2NO/c15-8-10-3-2-6-18(9-10)13(19)7-11-4-1-5-12(16)14(11)17/h1,4-5,10H,2-3,6-9H2. The smallest absolute Gasteiger partial charge is 0.227 e. The van der Waals surface area contributed by atoms with Gasteiger partial charge in [0.1, 0.15) is 0 Å². The molecule has 0 aliphatic carbocycles. The van der Waals surface area contributed by atoms with Crippen LogP contribution in [0.1, 0.15) is 18.4 Å². The van der Waals surface area contributed by atoms with E-state index in [4.69, 9.17) is 0 Å². The molecular formula is C14H16BrF2NO. The topological polar surface area (TPSA) is 20.3 Å². The van der Waals surface area contributed by atoms with Gasteiger partial charge in [-0.1, -0.05) is 28.1 Å². The van der Waals surface area contributed by atoms with Gasteiger partial charge in [-0.05, 0) is 24.8 Å². The SMILES string of the molecule is O=C(Cc1cccc(F)c1F)N1CCCC(CBr)C1. The Balaban J connectivity index is 2.02. The summed E-state index contributed by atoms with van der Waals surface area (Å²) in [6.07, 6.45) is 2.00. The molecule has 1 unspecified atom stereocenters. The normalized spacial score (nSPS) is 19.5. The van der Waals surface area contributed by atoms with Crippen LogP contribution in [0.4, 0.5) is 8.78 Å². The van der Waals surface area contributed by atoms with Gasteiger partial charge in [0, 0.05) is 24.0 Å². The second kappa shape index (κ2) is 6.46. The maximum absolute atomic E-state index is 13.5. The van der Waals surface area contributed by atoms with Crippen LogP contribution in [0.15, 0.2) is 18.2 Å². The summed E-state index contributed by atoms with van der Waals surface area (Å²) >= 11 is 3.43. The van der Waals surface area contributed by atoms with E-state index in [9.17, 15) is 13.6 Å². The van der Waals surface area contributed by atoms with Crippen LogP contribution in [-0.4, -0.2) is 29.2 Å². The summed E-state index contributed by atoms with van der Waals surface area (Å²) in [5.41, 5.74) is 0.131. The van der Waals surface area contributed by atoms with Gasteiger partial charge < -0.3 is 4.90 Å². The van der Waals surface area contributed by atoms with Crippen LogP contribution in [0.25, 0.3) is 0 Å². The number of carbonyl (C=O) groups excluding carboxylic acids is 1. The molecule has 1 atom stereocenters. The molecule has 1 aromatic rings. The summed E-state index contributed by atoms with van der Waals surface area (Å²) in [4.78, 5) is 13.9. The number of amides is 1. The maximum atomic E-state index is 13.5. The first kappa shape index (κ1) is 14.4. The number of benzene rings is 1. The van der Waals surface area contributed by atoms with E-state index in [1.807, 2.05) is 0 Å². The minimum Gasteiger partial charge on any atom is -0.342 e. The third-order valence-corrected chi connectivity index (χ3v) is 4.38. The van der Waals surface area contributed by atoms with E-state index in [2.05, 4.69) is 15.9 Å². The van der Waals surface area contributed by atoms with E-state index < -0.39 is 11.6 Å². The largest absolute Gasteiger partial charge is 0.342 e. The monoisotopic (exact) mass is 331 g/mol. The Hall–Kier alpha value is -0.970. The van der Waals surface area contributed by atoms with Gasteiger partial charge in [0.05, 0.1) is 6.42 Å². The average Bonchev–Trinajstić information content (AvgIpc) is 2.44. The van der Waals surface area contributed by atoms with Crippen molar-refractivity contribution in [2.75, 3.05) is 18.4 Å². The van der Waals surface area contributed by atoms with Crippen molar-refractivity contribution in [3.05, 3.63) is 35.4 Å². The van der Waals surface area contributed by atoms with Crippen molar-refractivity contribution in [3.8, 4) is 0 Å². The van der Waals surface area contributed by atoms with Crippen molar-refractivity contribution in [1.82, 2.24) is 4.90 Å². The van der Waals surface area contributed by atoms with Crippen molar-refractivity contribution in [2.24, 2.45) is 5.92 Å². The second-order valence-corrected chi connectivity index (χ2v) is 5.54. The lowest BCUT2D eigenvalue weighted by molar-refractivity contribution is -0.132. The molecule has 104 valence electrons. The molecule has 1 fully saturated rings. The fourth-order valence-corrected chi connectivity index (χ4v) is 2.91. The molecule has 2 nitrogen and oxygen atoms in total. The van der Waals surface area contributed by atoms with Crippen LogP contribution in [0.5, 0.6) is 0 Å². The molecule has 1 heterocycles. The van der Waals surface area contributed by atoms with Gasteiger partial charge in [0.25, 0.3) is 0 Å². The number of piperidine rings is 1. The van der Waals surface area contributed by atoms with Gasteiger partial charge in [0.15, 0.2) is 11.6 Å². The van der Waals surface area contributed by atoms with Gasteiger partial charge in [-0.3, -0.25) is 4.79 Å². The summed E-state index contributed by atoms with van der Waals surface area (Å²) < 4.78 is 26.6. The number of halogens is 3. The molecule has 1 aliphatic heterocycles. The zero-order valence-corrected chi connectivity index (χ0v) is 12.1. The number of likely N-dealkylation sites (tertiary alicyclic amines) is 1. The van der Waals surface area contributed by atoms with E-state index in [1.54, 1.807) is 4.90 Å². The highest BCUT2D eigenvalue weighted by Gasteiger charge is 2.23. The molecule has 0 aromatic heterocycles. The molecule has 5 heteroatoms. The second-order valence-electron chi connectivity index (χ2n) is 4.89. The third kappa shape index (κ3) is 3.53. The lowest BCUT2D eigenvalue weighted by Gasteiger charge is -2.32. The van der Waals surface area contributed by atoms with Crippen molar-refractivity contribution < 1.29 is 13.6 Å². The average molecular weight is 332 g/mol. The Bertz CT molecular complexity index is 467. The van der Waals surface area contributed by atoms with Gasteiger partial charge in [-0.15, -0.1) is 0 Å². The Morgan fingerprint density at radius 3 is 2.95 bits per heavy atom. The molecule has 1 aromatic carbocycles. The number of rotatable bonds is 3. The van der Waals surface area contributed by atoms with Crippen LogP contribution in [0.3, 0.4) is 0 Å². The highest BCUT2D eigenvalue weighted by Crippen LogP contribution is 2.20. The summed E-state index contributed by atoms with van der Waals surface area (Å²) in [5.74, 6) is -1.49. The minimum absolute atomic E-state index is 0.0708. The zero-order chi connectivity index (χ0) is 13.8. The predicted octanol–water partition coefficient (Wildman–Crippen LogP) is 3.14. The molecule has 0 saturated carbocycles. The molecule has 0 radical (unpaired) electrons. The minimum atomic E-state index is -0.912. The van der Waals surface area contributed by atoms with E-state index in [1.165, 1.54) is 12.1 Å². The van der Waals surface area contributed by atoms with Crippen molar-refractivity contribution >= 4 is 21.8 Å². The Kier molecular flexibility index (Phi) is 4.91. The first-order chi connectivity index (χ1) is 9.11. The fourth-order valence-electron chi connectivity index (χ4n) is 2.38. The number of nitrogens with zero attached hydrogens (tertiary/aromatic N) is 1. The van der Waals surface area contributed by atoms with Gasteiger partial charge in [-0.25, -0.2) is 8.78 Å². The molecule has 0 N–H and O–H groups in total. The first-order valence-electron chi connectivity index (χ1n) is 6.38. The van der Waals surface area contributed by atoms with Gasteiger partial charge in [-0.2, -0.15) is 0 Å². The lowest BCUT2D eigenvalue weighted by atomic mass is 9.99. The first-order valence-corrected chi connectivity index (χ1v) is 7.50. The highest BCUT2D eigenvalue weighted by atomic mass is 79.9. The predicted molar refractivity (Wildman–Crippen MR) is 73.2 cm³/mol. The highest BCUT2D eigenvalue weighted by molar-refractivity contribution is 9.09. The molecule has 0 bridgehead atoms. The van der Waals surface area contributed by atoms with Crippen molar-refractivity contribution in [2.45, 2.75) is 19.3 Å². The number of hydrogen-bond acceptors (Lipinski definition) is 1. The molecule has 0 spiro atoms. The van der Waals surface area contributed by atoms with Gasteiger partial charge >= 0.3 is 0 Å². The van der Waals surface area contributed by atoms with E-state index in [0.29, 0.717) is 19.0 Å². The molecular weight excluding hydrogens is 316 g/mol. The molecule has 1 aliphatic rings. The van der Waals surface area contributed by atoms with Crippen LogP contribution < -0.4 is 0 Å². The van der Waals surface area contributed by atoms with E-state index >= 15 is 0 Å². The summed E-state index contributed by atoms with van der Waals surface area (Å²) in [6, 6.07) is 3.95. The van der Waals surface area contributed by atoms with Gasteiger partial charge in [0.2, 0.25) is 5.91 Å². The molecule has 1 saturated heterocycles. The van der Waals surface area contributed by atoms with Crippen molar-refractivity contribution in [3.63, 3.8) is 0 Å². The van der Waals surface area contributed by atoms with Crippen LogP contribution >= 0.6 is 15.9 Å². The lowest BCUT2D eigenvalue weighted by Crippen LogP contribution is -2.41. The molecule has 1 amide bonds. The maximum Gasteiger partial charge on any atom is 0.227 e. The Morgan fingerprint density at radius 1 is 1.42 bits per heavy atom. The quantitative estimate of drug-likeness (QED) is 0.779. The number of hydrogen-bond donors (Lipinski definition) is 0. The Labute approximate surface area is 119 Å². The molecule has 2 rings (SSSR count). The van der Waals surface area contributed by atoms with Crippen LogP contribution in [0.2, 0.25) is 0 Å².